The lowest BCUT2D eigenvalue weighted by molar-refractivity contribution is -0.272. The molecule has 1 unspecified atom stereocenters. The molecule has 13 heteroatoms. The molecule has 5 rings (SSSR count). The highest BCUT2D eigenvalue weighted by Crippen LogP contribution is 2.45. The van der Waals surface area contributed by atoms with Crippen LogP contribution in [0.15, 0.2) is 66.9 Å². The summed E-state index contributed by atoms with van der Waals surface area (Å²) in [4.78, 5) is 27.7. The van der Waals surface area contributed by atoms with Gasteiger partial charge in [-0.25, -0.2) is 0 Å². The number of carbonyl (C=O) groups excluding carboxylic acids is 2. The number of rotatable bonds is 14. The number of hydrogen-bond donors (Lipinski definition) is 1. The molecule has 1 aliphatic heterocycles. The predicted octanol–water partition coefficient (Wildman–Crippen LogP) is 6.20. The third kappa shape index (κ3) is 8.47. The zero-order chi connectivity index (χ0) is 37.6. The number of methoxy groups -OCH3 is 2. The summed E-state index contributed by atoms with van der Waals surface area (Å²) in [5, 5.41) is 12.0. The molecule has 280 valence electrons. The van der Waals surface area contributed by atoms with Crippen molar-refractivity contribution in [2.24, 2.45) is 0 Å². The van der Waals surface area contributed by atoms with Gasteiger partial charge in [0.25, 0.3) is 5.91 Å². The Morgan fingerprint density at radius 3 is 2.17 bits per heavy atom. The molecular formula is C39H46F3N3O7. The van der Waals surface area contributed by atoms with Crippen molar-refractivity contribution in [2.45, 2.75) is 57.0 Å². The normalized spacial score (nSPS) is 15.2. The zero-order valence-electron chi connectivity index (χ0n) is 30.2. The van der Waals surface area contributed by atoms with Crippen LogP contribution >= 0.6 is 0 Å². The van der Waals surface area contributed by atoms with E-state index >= 15 is 13.2 Å². The molecule has 1 N–H and O–H groups in total. The Bertz CT molecular complexity index is 1830. The zero-order valence-corrected chi connectivity index (χ0v) is 30.2. The fourth-order valence-corrected chi connectivity index (χ4v) is 6.60. The van der Waals surface area contributed by atoms with E-state index in [2.05, 4.69) is 0 Å². The number of benzene rings is 3. The molecule has 1 aromatic heterocycles. The van der Waals surface area contributed by atoms with E-state index in [9.17, 15) is 14.7 Å². The Labute approximate surface area is 301 Å². The molecule has 52 heavy (non-hydrogen) atoms. The van der Waals surface area contributed by atoms with Gasteiger partial charge >= 0.3 is 12.1 Å². The number of nitrogens with zero attached hydrogens (tertiary/aromatic N) is 3. The third-order valence-electron chi connectivity index (χ3n) is 9.36. The van der Waals surface area contributed by atoms with E-state index in [4.69, 9.17) is 18.9 Å². The van der Waals surface area contributed by atoms with Crippen molar-refractivity contribution >= 4 is 22.8 Å². The lowest BCUT2D eigenvalue weighted by Gasteiger charge is -2.39. The van der Waals surface area contributed by atoms with Crippen LogP contribution in [-0.2, 0) is 28.1 Å². The van der Waals surface area contributed by atoms with Gasteiger partial charge in [0.1, 0.15) is 6.10 Å². The molecule has 0 bridgehead atoms. The number of ether oxygens (including phenoxy) is 4. The van der Waals surface area contributed by atoms with Gasteiger partial charge in [-0.15, -0.1) is 0 Å². The number of esters is 1. The summed E-state index contributed by atoms with van der Waals surface area (Å²) in [5.74, 6) is 0.595. The quantitative estimate of drug-likeness (QED) is 0.154. The average Bonchev–Trinajstić information content (AvgIpc) is 3.49. The molecule has 0 radical (unpaired) electrons. The van der Waals surface area contributed by atoms with Crippen molar-refractivity contribution in [3.63, 3.8) is 0 Å². The lowest BCUT2D eigenvalue weighted by atomic mass is 9.90. The van der Waals surface area contributed by atoms with E-state index in [1.165, 1.54) is 37.4 Å². The Hall–Kier alpha value is -4.75. The van der Waals surface area contributed by atoms with Gasteiger partial charge in [0.05, 0.1) is 20.8 Å². The fraction of sp³-hybridized carbons (Fsp3) is 0.436. The van der Waals surface area contributed by atoms with Crippen LogP contribution in [0.1, 0.15) is 53.2 Å². The summed E-state index contributed by atoms with van der Waals surface area (Å²) in [6.07, 6.45) is -2.64. The summed E-state index contributed by atoms with van der Waals surface area (Å²) < 4.78 is 69.5. The minimum Gasteiger partial charge on any atom is -0.493 e. The number of alkyl halides is 3. The maximum Gasteiger partial charge on any atom is 0.422 e. The number of hydrogen-bond acceptors (Lipinski definition) is 8. The standard InChI is InChI=1S/C39H46F3N3O7/c1-6-51-35(46)15-12-27-20-33(49-4)36(34(21-27)50-5)52-29-16-18-44(19-17-29)25-38(48,39(40,41)42)31-24-45(23-26-10-8-7-9-11-26)32-22-28(13-14-30(31)32)37(47)43(2)3/h7-11,13-14,20-22,24,29,48H,6,12,15-19,23,25H2,1-5H3. The molecule has 0 saturated carbocycles. The summed E-state index contributed by atoms with van der Waals surface area (Å²) >= 11 is 0. The molecule has 1 fully saturated rings. The Balaban J connectivity index is 1.37. The van der Waals surface area contributed by atoms with Gasteiger partial charge in [0.2, 0.25) is 11.4 Å². The van der Waals surface area contributed by atoms with Crippen LogP contribution in [0.3, 0.4) is 0 Å². The number of aliphatic hydroxyl groups is 1. The van der Waals surface area contributed by atoms with E-state index in [1.807, 2.05) is 30.3 Å². The minimum absolute atomic E-state index is 0.188. The Kier molecular flexibility index (Phi) is 12.1. The van der Waals surface area contributed by atoms with Crippen LogP contribution < -0.4 is 14.2 Å². The SMILES string of the molecule is CCOC(=O)CCc1cc(OC)c(OC2CCN(CC(O)(c3cn(Cc4ccccc4)c4cc(C(=O)N(C)C)ccc34)C(F)(F)F)CC2)c(OC)c1. The molecule has 1 saturated heterocycles. The molecule has 4 aromatic rings. The van der Waals surface area contributed by atoms with Crippen molar-refractivity contribution < 1.29 is 46.8 Å². The summed E-state index contributed by atoms with van der Waals surface area (Å²) in [5.41, 5.74) is -1.09. The third-order valence-corrected chi connectivity index (χ3v) is 9.36. The average molecular weight is 726 g/mol. The molecular weight excluding hydrogens is 679 g/mol. The van der Waals surface area contributed by atoms with E-state index in [1.54, 1.807) is 48.7 Å². The Morgan fingerprint density at radius 2 is 1.60 bits per heavy atom. The molecule has 0 spiro atoms. The summed E-state index contributed by atoms with van der Waals surface area (Å²) in [7, 11) is 6.21. The van der Waals surface area contributed by atoms with Crippen LogP contribution in [-0.4, -0.2) is 98.2 Å². The molecule has 2 heterocycles. The van der Waals surface area contributed by atoms with Crippen molar-refractivity contribution in [3.05, 3.63) is 89.1 Å². The van der Waals surface area contributed by atoms with Crippen LogP contribution in [0.2, 0.25) is 0 Å². The highest BCUT2D eigenvalue weighted by Gasteiger charge is 2.57. The van der Waals surface area contributed by atoms with Crippen LogP contribution in [0, 0.1) is 0 Å². The van der Waals surface area contributed by atoms with E-state index in [0.29, 0.717) is 54.2 Å². The fourth-order valence-electron chi connectivity index (χ4n) is 6.60. The number of fused-ring (bicyclic) bond motifs is 1. The van der Waals surface area contributed by atoms with Crippen LogP contribution in [0.5, 0.6) is 17.2 Å². The number of amides is 1. The van der Waals surface area contributed by atoms with E-state index in [-0.39, 0.29) is 55.0 Å². The number of piperidine rings is 1. The smallest absolute Gasteiger partial charge is 0.422 e. The van der Waals surface area contributed by atoms with Crippen molar-refractivity contribution in [3.8, 4) is 17.2 Å². The van der Waals surface area contributed by atoms with Gasteiger partial charge in [-0.05, 0) is 61.6 Å². The maximum atomic E-state index is 15.1. The van der Waals surface area contributed by atoms with Gasteiger partial charge in [0.15, 0.2) is 11.5 Å². The van der Waals surface area contributed by atoms with Gasteiger partial charge in [-0.3, -0.25) is 14.5 Å². The molecule has 1 atom stereocenters. The largest absolute Gasteiger partial charge is 0.493 e. The molecule has 1 aliphatic rings. The number of aryl methyl sites for hydroxylation is 1. The number of β-amino-alcohol motifs (C(OH)–C–C–N with tert-alkyl or cyclic N) is 1. The van der Waals surface area contributed by atoms with Gasteiger partial charge in [0, 0.05) is 74.9 Å². The van der Waals surface area contributed by atoms with Gasteiger partial charge < -0.3 is 33.5 Å². The minimum atomic E-state index is -5.01. The number of halogens is 3. The Morgan fingerprint density at radius 1 is 0.942 bits per heavy atom. The van der Waals surface area contributed by atoms with E-state index < -0.39 is 18.3 Å². The second-order valence-corrected chi connectivity index (χ2v) is 13.2. The highest BCUT2D eigenvalue weighted by atomic mass is 19.4. The first-order valence-corrected chi connectivity index (χ1v) is 17.3. The number of aromatic nitrogens is 1. The highest BCUT2D eigenvalue weighted by molar-refractivity contribution is 5.98. The molecule has 3 aromatic carbocycles. The van der Waals surface area contributed by atoms with Crippen LogP contribution in [0.4, 0.5) is 13.2 Å². The molecule has 10 nitrogen and oxygen atoms in total. The first kappa shape index (κ1) is 38.5. The predicted molar refractivity (Wildman–Crippen MR) is 190 cm³/mol. The van der Waals surface area contributed by atoms with Crippen LogP contribution in [0.25, 0.3) is 10.9 Å². The van der Waals surface area contributed by atoms with Crippen molar-refractivity contribution in [1.82, 2.24) is 14.4 Å². The van der Waals surface area contributed by atoms with Gasteiger partial charge in [-0.2, -0.15) is 13.2 Å². The summed E-state index contributed by atoms with van der Waals surface area (Å²) in [6, 6.07) is 17.4. The lowest BCUT2D eigenvalue weighted by Crippen LogP contribution is -2.53. The monoisotopic (exact) mass is 725 g/mol. The first-order chi connectivity index (χ1) is 24.8. The molecule has 1 amide bonds. The number of carbonyl (C=O) groups is 2. The number of likely N-dealkylation sites (tertiary alicyclic amines) is 1. The maximum absolute atomic E-state index is 15.1. The second-order valence-electron chi connectivity index (χ2n) is 13.2. The topological polar surface area (TPSA) is 103 Å². The van der Waals surface area contributed by atoms with Gasteiger partial charge in [-0.1, -0.05) is 36.4 Å². The van der Waals surface area contributed by atoms with Crippen molar-refractivity contribution in [1.29, 1.82) is 0 Å². The molecule has 0 aliphatic carbocycles. The summed E-state index contributed by atoms with van der Waals surface area (Å²) in [6.45, 7) is 2.06. The van der Waals surface area contributed by atoms with Crippen molar-refractivity contribution in [2.75, 3.05) is 54.6 Å². The second kappa shape index (κ2) is 16.3. The first-order valence-electron chi connectivity index (χ1n) is 17.3. The van der Waals surface area contributed by atoms with E-state index in [0.717, 1.165) is 11.1 Å².